The summed E-state index contributed by atoms with van der Waals surface area (Å²) in [4.78, 5) is 0. The lowest BCUT2D eigenvalue weighted by Gasteiger charge is -2.29. The number of benzene rings is 8. The third-order valence-electron chi connectivity index (χ3n) is 12.8. The Balaban J connectivity index is 1.03. The fourth-order valence-corrected chi connectivity index (χ4v) is 10.3. The predicted molar refractivity (Wildman–Crippen MR) is 240 cm³/mol. The van der Waals surface area contributed by atoms with E-state index in [4.69, 9.17) is 0 Å². The number of allylic oxidation sites excluding steroid dienone is 4. The second kappa shape index (κ2) is 12.8. The molecule has 0 radical (unpaired) electrons. The van der Waals surface area contributed by atoms with Crippen LogP contribution in [-0.4, -0.2) is 4.57 Å². The van der Waals surface area contributed by atoms with E-state index < -0.39 is 0 Å². The molecular weight excluding hydrogens is 687 g/mol. The zero-order valence-electron chi connectivity index (χ0n) is 31.6. The van der Waals surface area contributed by atoms with Gasteiger partial charge in [0, 0.05) is 11.1 Å². The van der Waals surface area contributed by atoms with Crippen molar-refractivity contribution in [3.05, 3.63) is 205 Å². The van der Waals surface area contributed by atoms with E-state index in [0.29, 0.717) is 5.92 Å². The molecule has 1 unspecified atom stereocenters. The summed E-state index contributed by atoms with van der Waals surface area (Å²) in [5.74, 6) is 0.589. The molecule has 0 saturated heterocycles. The van der Waals surface area contributed by atoms with E-state index in [1.807, 2.05) is 0 Å². The van der Waals surface area contributed by atoms with Crippen molar-refractivity contribution in [1.82, 2.24) is 4.57 Å². The van der Waals surface area contributed by atoms with Crippen molar-refractivity contribution >= 4 is 27.2 Å². The third kappa shape index (κ3) is 4.95. The van der Waals surface area contributed by atoms with Crippen LogP contribution in [0.2, 0.25) is 0 Å². The lowest BCUT2D eigenvalue weighted by molar-refractivity contribution is 0.590. The number of hydrogen-bond acceptors (Lipinski definition) is 0. The van der Waals surface area contributed by atoms with Crippen molar-refractivity contribution < 1.29 is 0 Å². The molecule has 8 aromatic carbocycles. The maximum absolute atomic E-state index is 2.54. The molecule has 0 aliphatic heterocycles. The number of rotatable bonds is 5. The van der Waals surface area contributed by atoms with Crippen LogP contribution >= 0.6 is 0 Å². The molecule has 1 heterocycles. The number of para-hydroxylation sites is 1. The van der Waals surface area contributed by atoms with Gasteiger partial charge in [0.1, 0.15) is 0 Å². The maximum Gasteiger partial charge on any atom is 0.0537 e. The van der Waals surface area contributed by atoms with Gasteiger partial charge in [0.25, 0.3) is 0 Å². The average molecular weight is 726 g/mol. The normalized spacial score (nSPS) is 15.0. The largest absolute Gasteiger partial charge is 0.309 e. The fraction of sp³-hybridized carbons (Fsp3) is 0.0714. The first kappa shape index (κ1) is 32.3. The van der Waals surface area contributed by atoms with E-state index >= 15 is 0 Å². The van der Waals surface area contributed by atoms with Crippen molar-refractivity contribution in [2.24, 2.45) is 5.92 Å². The van der Waals surface area contributed by atoms with Crippen LogP contribution in [-0.2, 0) is 6.42 Å². The highest BCUT2D eigenvalue weighted by molar-refractivity contribution is 6.22. The van der Waals surface area contributed by atoms with Gasteiger partial charge in [-0.15, -0.1) is 0 Å². The molecule has 1 nitrogen and oxygen atoms in total. The van der Waals surface area contributed by atoms with E-state index in [0.717, 1.165) is 12.8 Å². The van der Waals surface area contributed by atoms with Gasteiger partial charge in [-0.1, -0.05) is 170 Å². The summed E-state index contributed by atoms with van der Waals surface area (Å²) in [5.41, 5.74) is 22.1. The topological polar surface area (TPSA) is 4.93 Å². The van der Waals surface area contributed by atoms with Crippen molar-refractivity contribution in [3.63, 3.8) is 0 Å². The van der Waals surface area contributed by atoms with Gasteiger partial charge in [0.2, 0.25) is 0 Å². The summed E-state index contributed by atoms with van der Waals surface area (Å²) in [6.07, 6.45) is 10.4. The lowest BCUT2D eigenvalue weighted by atomic mass is 9.78. The first-order chi connectivity index (χ1) is 28.3. The minimum Gasteiger partial charge on any atom is -0.309 e. The smallest absolute Gasteiger partial charge is 0.0537 e. The van der Waals surface area contributed by atoms with Gasteiger partial charge >= 0.3 is 0 Å². The van der Waals surface area contributed by atoms with Gasteiger partial charge in [-0.05, 0) is 138 Å². The van der Waals surface area contributed by atoms with E-state index in [-0.39, 0.29) is 0 Å². The molecule has 9 aromatic rings. The van der Waals surface area contributed by atoms with E-state index in [1.165, 1.54) is 117 Å². The molecule has 0 saturated carbocycles. The highest BCUT2D eigenvalue weighted by Gasteiger charge is 2.32. The van der Waals surface area contributed by atoms with Crippen molar-refractivity contribution in [2.45, 2.75) is 19.3 Å². The van der Waals surface area contributed by atoms with Crippen molar-refractivity contribution in [2.75, 3.05) is 0 Å². The number of hydrogen-bond donors (Lipinski definition) is 0. The monoisotopic (exact) mass is 725 g/mol. The van der Waals surface area contributed by atoms with Gasteiger partial charge in [0.15, 0.2) is 0 Å². The highest BCUT2D eigenvalue weighted by atomic mass is 15.0. The molecule has 12 rings (SSSR count). The van der Waals surface area contributed by atoms with Crippen molar-refractivity contribution in [1.29, 1.82) is 0 Å². The lowest BCUT2D eigenvalue weighted by Crippen LogP contribution is -2.16. The zero-order valence-corrected chi connectivity index (χ0v) is 31.6. The summed E-state index contributed by atoms with van der Waals surface area (Å²) in [6.45, 7) is 0. The Morgan fingerprint density at radius 2 is 1.12 bits per heavy atom. The summed E-state index contributed by atoms with van der Waals surface area (Å²) in [5, 5.41) is 4.02. The predicted octanol–water partition coefficient (Wildman–Crippen LogP) is 15.0. The van der Waals surface area contributed by atoms with Crippen LogP contribution in [0.5, 0.6) is 0 Å². The number of nitrogens with zero attached hydrogens (tertiary/aromatic N) is 1. The molecule has 3 aliphatic carbocycles. The van der Waals surface area contributed by atoms with Gasteiger partial charge in [-0.2, -0.15) is 0 Å². The third-order valence-corrected chi connectivity index (χ3v) is 12.8. The molecule has 57 heavy (non-hydrogen) atoms. The molecule has 1 aromatic heterocycles. The van der Waals surface area contributed by atoms with Crippen LogP contribution in [0.25, 0.3) is 99.7 Å². The average Bonchev–Trinajstić information content (AvgIpc) is 3.81. The van der Waals surface area contributed by atoms with Crippen LogP contribution in [0, 0.1) is 5.92 Å². The number of fused-ring (bicyclic) bond motifs is 8. The minimum atomic E-state index is 0.589. The highest BCUT2D eigenvalue weighted by Crippen LogP contribution is 2.57. The molecule has 1 atom stereocenters. The Morgan fingerprint density at radius 3 is 1.93 bits per heavy atom. The molecule has 0 amide bonds. The quantitative estimate of drug-likeness (QED) is 0.166. The Kier molecular flexibility index (Phi) is 7.25. The molecule has 3 aliphatic rings. The second-order valence-corrected chi connectivity index (χ2v) is 15.9. The van der Waals surface area contributed by atoms with Gasteiger partial charge in [-0.3, -0.25) is 0 Å². The SMILES string of the molecule is C1=CCC2CCc3c(n(-c4cccc(-c5ccc(-c6cc(-c7ccccc7)c7c(c6-c6ccccc6)-c6cccc8cccc-7c68)cc5)c4)c4ccccc34)C2=C1. The minimum absolute atomic E-state index is 0.589. The summed E-state index contributed by atoms with van der Waals surface area (Å²) in [7, 11) is 0. The summed E-state index contributed by atoms with van der Waals surface area (Å²) >= 11 is 0. The Bertz CT molecular complexity index is 3120. The maximum atomic E-state index is 2.54. The summed E-state index contributed by atoms with van der Waals surface area (Å²) in [6, 6.07) is 65.5. The fourth-order valence-electron chi connectivity index (χ4n) is 10.3. The zero-order chi connectivity index (χ0) is 37.5. The van der Waals surface area contributed by atoms with Crippen LogP contribution in [0.4, 0.5) is 0 Å². The van der Waals surface area contributed by atoms with Gasteiger partial charge in [0.05, 0.1) is 11.2 Å². The molecular formula is C56H39N. The van der Waals surface area contributed by atoms with E-state index in [9.17, 15) is 0 Å². The van der Waals surface area contributed by atoms with Crippen LogP contribution in [0.15, 0.2) is 194 Å². The Labute approximate surface area is 333 Å². The van der Waals surface area contributed by atoms with Crippen molar-refractivity contribution in [3.8, 4) is 72.4 Å². The van der Waals surface area contributed by atoms with Gasteiger partial charge in [-0.25, -0.2) is 0 Å². The molecule has 0 N–H and O–H groups in total. The first-order valence-electron chi connectivity index (χ1n) is 20.3. The van der Waals surface area contributed by atoms with Gasteiger partial charge < -0.3 is 4.57 Å². The number of aryl methyl sites for hydroxylation is 1. The van der Waals surface area contributed by atoms with E-state index in [2.05, 4.69) is 199 Å². The molecule has 1 heteroatoms. The Morgan fingerprint density at radius 1 is 0.474 bits per heavy atom. The van der Waals surface area contributed by atoms with Crippen LogP contribution in [0.1, 0.15) is 24.1 Å². The Hall–Kier alpha value is -6.96. The van der Waals surface area contributed by atoms with Crippen LogP contribution < -0.4 is 0 Å². The standard InChI is InChI=1S/C56H39N/c1-3-14-37(15-4-1)50-35-49(53(41-17-5-2-6-18-41)55-48-26-13-20-40-19-12-25-47(52(40)48)54(50)55)39-30-28-36(29-31-39)42-21-11-22-43(34-42)57-51-27-10-9-24-45(51)46-33-32-38-16-7-8-23-44(38)56(46)57/h1-15,17-31,34-35,38H,16,32-33H2. The molecule has 0 fully saturated rings. The van der Waals surface area contributed by atoms with Crippen LogP contribution in [0.3, 0.4) is 0 Å². The van der Waals surface area contributed by atoms with E-state index in [1.54, 1.807) is 0 Å². The molecule has 268 valence electrons. The first-order valence-corrected chi connectivity index (χ1v) is 20.3. The summed E-state index contributed by atoms with van der Waals surface area (Å²) < 4.78 is 2.54. The molecule has 0 spiro atoms. The number of aromatic nitrogens is 1. The second-order valence-electron chi connectivity index (χ2n) is 15.9. The molecule has 0 bridgehead atoms.